The Labute approximate surface area is 205 Å². The highest BCUT2D eigenvalue weighted by molar-refractivity contribution is 9.08. The van der Waals surface area contributed by atoms with Crippen LogP contribution < -0.4 is 9.84 Å². The zero-order valence-electron chi connectivity index (χ0n) is 18.1. The quantitative estimate of drug-likeness (QED) is 0.139. The predicted octanol–water partition coefficient (Wildman–Crippen LogP) is 3.86. The fourth-order valence-electron chi connectivity index (χ4n) is 3.17. The number of carboxylic acid groups (broad SMARTS) is 1. The highest BCUT2D eigenvalue weighted by Crippen LogP contribution is 2.28. The summed E-state index contributed by atoms with van der Waals surface area (Å²) in [5, 5.41) is 12.7. The molecule has 0 N–H and O–H groups in total. The molecule has 34 heavy (non-hydrogen) atoms. The molecule has 0 radical (unpaired) electrons. The summed E-state index contributed by atoms with van der Waals surface area (Å²) in [7, 11) is -3.45. The second-order valence-corrected chi connectivity index (χ2v) is 9.80. The van der Waals surface area contributed by atoms with E-state index in [1.807, 2.05) is 6.07 Å². The number of hydrogen-bond acceptors (Lipinski definition) is 7. The van der Waals surface area contributed by atoms with Gasteiger partial charge in [-0.2, -0.15) is 0 Å². The summed E-state index contributed by atoms with van der Waals surface area (Å²) in [4.78, 5) is 24.5. The van der Waals surface area contributed by atoms with Gasteiger partial charge in [0.25, 0.3) is 0 Å². The van der Waals surface area contributed by atoms with E-state index in [1.54, 1.807) is 48.5 Å². The molecule has 3 aromatic carbocycles. The third kappa shape index (κ3) is 6.55. The predicted molar refractivity (Wildman–Crippen MR) is 129 cm³/mol. The van der Waals surface area contributed by atoms with Gasteiger partial charge in [0.2, 0.25) is 0 Å². The van der Waals surface area contributed by atoms with Gasteiger partial charge in [0.1, 0.15) is 12.4 Å². The van der Waals surface area contributed by atoms with Crippen molar-refractivity contribution < 1.29 is 32.6 Å². The molecule has 0 aromatic heterocycles. The lowest BCUT2D eigenvalue weighted by atomic mass is 9.95. The van der Waals surface area contributed by atoms with Gasteiger partial charge in [-0.25, -0.2) is 13.2 Å². The number of hydrogen-bond donors (Lipinski definition) is 0. The van der Waals surface area contributed by atoms with Crippen molar-refractivity contribution in [2.75, 3.05) is 12.9 Å². The maximum absolute atomic E-state index is 12.3. The molecule has 0 aliphatic heterocycles. The number of halogens is 1. The summed E-state index contributed by atoms with van der Waals surface area (Å²) in [6, 6.07) is 20.6. The second kappa shape index (κ2) is 11.1. The van der Waals surface area contributed by atoms with Gasteiger partial charge >= 0.3 is 6.16 Å². The SMILES string of the molecule is CS(=O)(=O)c1ccc(/C(COC(=O)Oc2cccc(CBr)c2)=C(/C(=O)[O-])c2ccccc2)cc1. The molecule has 0 aliphatic carbocycles. The van der Waals surface area contributed by atoms with Gasteiger partial charge in [0.05, 0.1) is 10.9 Å². The molecule has 0 saturated carbocycles. The van der Waals surface area contributed by atoms with Crippen LogP contribution in [0.1, 0.15) is 16.7 Å². The van der Waals surface area contributed by atoms with Gasteiger partial charge in [-0.1, -0.05) is 70.5 Å². The molecule has 0 spiro atoms. The summed E-state index contributed by atoms with van der Waals surface area (Å²) in [5.74, 6) is -1.21. The van der Waals surface area contributed by atoms with Crippen LogP contribution in [0.3, 0.4) is 0 Å². The second-order valence-electron chi connectivity index (χ2n) is 7.23. The summed E-state index contributed by atoms with van der Waals surface area (Å²) in [5.41, 5.74) is 1.51. The van der Waals surface area contributed by atoms with E-state index in [0.717, 1.165) is 11.8 Å². The molecule has 0 atom stereocenters. The van der Waals surface area contributed by atoms with Gasteiger partial charge < -0.3 is 19.4 Å². The minimum atomic E-state index is -3.45. The van der Waals surface area contributed by atoms with Gasteiger partial charge in [-0.3, -0.25) is 0 Å². The van der Waals surface area contributed by atoms with Gasteiger partial charge in [-0.15, -0.1) is 0 Å². The topological polar surface area (TPSA) is 110 Å². The van der Waals surface area contributed by atoms with Crippen molar-refractivity contribution >= 4 is 49.0 Å². The summed E-state index contributed by atoms with van der Waals surface area (Å²) >= 11 is 3.33. The number of carboxylic acids is 1. The van der Waals surface area contributed by atoms with Crippen molar-refractivity contribution in [3.05, 3.63) is 95.6 Å². The molecule has 0 aliphatic rings. The van der Waals surface area contributed by atoms with E-state index >= 15 is 0 Å². The van der Waals surface area contributed by atoms with E-state index in [-0.39, 0.29) is 21.8 Å². The maximum Gasteiger partial charge on any atom is 0.514 e. The minimum Gasteiger partial charge on any atom is -0.545 e. The van der Waals surface area contributed by atoms with Crippen molar-refractivity contribution in [3.63, 3.8) is 0 Å². The molecular weight excluding hydrogens is 524 g/mol. The highest BCUT2D eigenvalue weighted by atomic mass is 79.9. The lowest BCUT2D eigenvalue weighted by Crippen LogP contribution is -2.25. The van der Waals surface area contributed by atoms with E-state index in [4.69, 9.17) is 9.47 Å². The van der Waals surface area contributed by atoms with Crippen LogP contribution in [0, 0.1) is 0 Å². The summed E-state index contributed by atoms with van der Waals surface area (Å²) < 4.78 is 34.1. The molecular formula is C25H20BrO7S-. The molecule has 9 heteroatoms. The Morgan fingerprint density at radius 2 is 1.59 bits per heavy atom. The zero-order valence-corrected chi connectivity index (χ0v) is 20.5. The largest absolute Gasteiger partial charge is 0.545 e. The molecule has 7 nitrogen and oxygen atoms in total. The average molecular weight is 544 g/mol. The lowest BCUT2D eigenvalue weighted by molar-refractivity contribution is -0.295. The Hall–Kier alpha value is -3.43. The van der Waals surface area contributed by atoms with Gasteiger partial charge in [-0.05, 0) is 41.0 Å². The van der Waals surface area contributed by atoms with Crippen molar-refractivity contribution in [1.82, 2.24) is 0 Å². The number of carbonyl (C=O) groups is 2. The summed E-state index contributed by atoms with van der Waals surface area (Å²) in [6.07, 6.45) is 0.0432. The van der Waals surface area contributed by atoms with Crippen LogP contribution in [0.4, 0.5) is 4.79 Å². The van der Waals surface area contributed by atoms with Crippen molar-refractivity contribution in [1.29, 1.82) is 0 Å². The van der Waals surface area contributed by atoms with E-state index in [0.29, 0.717) is 16.5 Å². The minimum absolute atomic E-state index is 0.0670. The maximum atomic E-state index is 12.3. The standard InChI is InChI=1S/C25H21BrO7S/c1-34(30,31)21-12-10-18(11-13-21)22(23(24(27)28)19-7-3-2-4-8-19)16-32-25(29)33-20-9-5-6-17(14-20)15-26/h2-14H,15-16H2,1H3,(H,27,28)/p-1/b23-22+. The number of aliphatic carboxylic acids is 1. The normalized spacial score (nSPS) is 11.9. The molecule has 0 bridgehead atoms. The van der Waals surface area contributed by atoms with Gasteiger partial charge in [0, 0.05) is 22.7 Å². The molecule has 0 saturated heterocycles. The van der Waals surface area contributed by atoms with E-state index in [1.165, 1.54) is 24.3 Å². The van der Waals surface area contributed by atoms with Crippen LogP contribution in [0.5, 0.6) is 5.75 Å². The monoisotopic (exact) mass is 543 g/mol. The van der Waals surface area contributed by atoms with Crippen LogP contribution in [-0.2, 0) is 24.7 Å². The first-order valence-corrected chi connectivity index (χ1v) is 13.0. The molecule has 0 amide bonds. The van der Waals surface area contributed by atoms with E-state index < -0.39 is 28.6 Å². The molecule has 0 unspecified atom stereocenters. The fourth-order valence-corrected chi connectivity index (χ4v) is 4.15. The molecule has 176 valence electrons. The van der Waals surface area contributed by atoms with E-state index in [9.17, 15) is 23.1 Å². The Balaban J connectivity index is 1.96. The molecule has 0 heterocycles. The van der Waals surface area contributed by atoms with Crippen LogP contribution in [0.25, 0.3) is 11.1 Å². The Bertz CT molecular complexity index is 1310. The molecule has 3 aromatic rings. The Morgan fingerprint density at radius 1 is 0.912 bits per heavy atom. The first-order chi connectivity index (χ1) is 16.2. The smallest absolute Gasteiger partial charge is 0.514 e. The first kappa shape index (κ1) is 25.2. The fraction of sp³-hybridized carbons (Fsp3) is 0.120. The first-order valence-electron chi connectivity index (χ1n) is 9.99. The Morgan fingerprint density at radius 3 is 2.18 bits per heavy atom. The third-order valence-corrected chi connectivity index (χ3v) is 6.56. The Kier molecular flexibility index (Phi) is 8.25. The van der Waals surface area contributed by atoms with Crippen LogP contribution in [-0.4, -0.2) is 33.4 Å². The number of alkyl halides is 1. The number of sulfone groups is 1. The lowest BCUT2D eigenvalue weighted by Gasteiger charge is -2.18. The van der Waals surface area contributed by atoms with Gasteiger partial charge in [0.15, 0.2) is 9.84 Å². The van der Waals surface area contributed by atoms with Crippen LogP contribution in [0.2, 0.25) is 0 Å². The number of rotatable bonds is 8. The van der Waals surface area contributed by atoms with E-state index in [2.05, 4.69) is 15.9 Å². The third-order valence-electron chi connectivity index (χ3n) is 4.79. The summed E-state index contributed by atoms with van der Waals surface area (Å²) in [6.45, 7) is -0.451. The average Bonchev–Trinajstić information content (AvgIpc) is 2.81. The van der Waals surface area contributed by atoms with Crippen molar-refractivity contribution in [2.24, 2.45) is 0 Å². The molecule has 0 fully saturated rings. The van der Waals surface area contributed by atoms with Crippen molar-refractivity contribution in [2.45, 2.75) is 10.2 Å². The molecule has 3 rings (SSSR count). The van der Waals surface area contributed by atoms with Crippen molar-refractivity contribution in [3.8, 4) is 5.75 Å². The highest BCUT2D eigenvalue weighted by Gasteiger charge is 2.17. The zero-order chi connectivity index (χ0) is 24.7. The van der Waals surface area contributed by atoms with Crippen LogP contribution in [0.15, 0.2) is 83.8 Å². The van der Waals surface area contributed by atoms with Crippen LogP contribution >= 0.6 is 15.9 Å². The number of ether oxygens (including phenoxy) is 2. The number of carbonyl (C=O) groups excluding carboxylic acids is 2. The number of benzene rings is 3.